The molecule has 0 bridgehead atoms. The molecule has 0 aliphatic carbocycles. The summed E-state index contributed by atoms with van der Waals surface area (Å²) in [6, 6.07) is 0. The number of likely N-dealkylation sites (tertiary alicyclic amines) is 1. The molecule has 0 spiro atoms. The maximum absolute atomic E-state index is 11.6. The molecule has 3 rings (SSSR count). The van der Waals surface area contributed by atoms with Crippen molar-refractivity contribution in [2.24, 2.45) is 0 Å². The summed E-state index contributed by atoms with van der Waals surface area (Å²) in [5.41, 5.74) is 0.969. The highest BCUT2D eigenvalue weighted by Gasteiger charge is 2.18. The number of anilines is 3. The summed E-state index contributed by atoms with van der Waals surface area (Å²) in [7, 11) is 0. The molecule has 0 radical (unpaired) electrons. The molecular formula is C16H21N7O. The summed E-state index contributed by atoms with van der Waals surface area (Å²) >= 11 is 0. The molecule has 0 aromatic carbocycles. The normalized spacial score (nSPS) is 14.0. The van der Waals surface area contributed by atoms with Gasteiger partial charge in [0.25, 0.3) is 0 Å². The molecule has 1 aliphatic heterocycles. The third kappa shape index (κ3) is 4.15. The SMILES string of the molecule is Cc1cnc(Nc2cnccn2)nc1NCCCN1CCCC1=O. The van der Waals surface area contributed by atoms with E-state index in [1.807, 2.05) is 11.8 Å². The summed E-state index contributed by atoms with van der Waals surface area (Å²) in [4.78, 5) is 30.4. The molecule has 2 aromatic heterocycles. The summed E-state index contributed by atoms with van der Waals surface area (Å²) < 4.78 is 0. The largest absolute Gasteiger partial charge is 0.370 e. The van der Waals surface area contributed by atoms with Crippen LogP contribution in [0.3, 0.4) is 0 Å². The minimum absolute atomic E-state index is 0.267. The van der Waals surface area contributed by atoms with E-state index in [9.17, 15) is 4.79 Å². The highest BCUT2D eigenvalue weighted by molar-refractivity contribution is 5.78. The zero-order chi connectivity index (χ0) is 16.8. The Morgan fingerprint density at radius 3 is 2.92 bits per heavy atom. The van der Waals surface area contributed by atoms with Gasteiger partial charge in [-0.15, -0.1) is 0 Å². The number of rotatable bonds is 7. The Bertz CT molecular complexity index is 692. The molecule has 8 heteroatoms. The average Bonchev–Trinajstić information content (AvgIpc) is 3.00. The Balaban J connectivity index is 1.53. The molecule has 0 saturated carbocycles. The predicted octanol–water partition coefficient (Wildman–Crippen LogP) is 1.74. The zero-order valence-electron chi connectivity index (χ0n) is 13.7. The molecule has 0 unspecified atom stereocenters. The van der Waals surface area contributed by atoms with Gasteiger partial charge in [0, 0.05) is 50.2 Å². The Kier molecular flexibility index (Phi) is 5.15. The number of amides is 1. The first-order valence-electron chi connectivity index (χ1n) is 8.11. The summed E-state index contributed by atoms with van der Waals surface area (Å²) in [6.07, 6.45) is 9.16. The van der Waals surface area contributed by atoms with E-state index in [1.54, 1.807) is 24.8 Å². The van der Waals surface area contributed by atoms with Gasteiger partial charge in [0.15, 0.2) is 5.82 Å². The van der Waals surface area contributed by atoms with Crippen LogP contribution in [0.2, 0.25) is 0 Å². The van der Waals surface area contributed by atoms with Gasteiger partial charge in [-0.05, 0) is 19.8 Å². The number of hydrogen-bond acceptors (Lipinski definition) is 7. The molecule has 1 saturated heterocycles. The fourth-order valence-electron chi connectivity index (χ4n) is 2.58. The fraction of sp³-hybridized carbons (Fsp3) is 0.438. The molecular weight excluding hydrogens is 306 g/mol. The van der Waals surface area contributed by atoms with Gasteiger partial charge in [0.05, 0.1) is 6.20 Å². The molecule has 3 heterocycles. The Morgan fingerprint density at radius 2 is 2.17 bits per heavy atom. The van der Waals surface area contributed by atoms with Crippen molar-refractivity contribution >= 4 is 23.5 Å². The van der Waals surface area contributed by atoms with Gasteiger partial charge in [-0.2, -0.15) is 4.98 Å². The topological polar surface area (TPSA) is 95.9 Å². The van der Waals surface area contributed by atoms with Crippen LogP contribution >= 0.6 is 0 Å². The molecule has 8 nitrogen and oxygen atoms in total. The minimum atomic E-state index is 0.267. The van der Waals surface area contributed by atoms with Crippen molar-refractivity contribution in [2.45, 2.75) is 26.2 Å². The third-order valence-corrected chi connectivity index (χ3v) is 3.84. The van der Waals surface area contributed by atoms with Gasteiger partial charge in [-0.1, -0.05) is 0 Å². The number of nitrogens with zero attached hydrogens (tertiary/aromatic N) is 5. The van der Waals surface area contributed by atoms with Crippen molar-refractivity contribution in [3.8, 4) is 0 Å². The molecule has 0 atom stereocenters. The van der Waals surface area contributed by atoms with Crippen LogP contribution in [0, 0.1) is 6.92 Å². The number of carbonyl (C=O) groups is 1. The summed E-state index contributed by atoms with van der Waals surface area (Å²) in [5, 5.41) is 6.34. The quantitative estimate of drug-likeness (QED) is 0.748. The zero-order valence-corrected chi connectivity index (χ0v) is 13.7. The first-order chi connectivity index (χ1) is 11.7. The van der Waals surface area contributed by atoms with Crippen LogP contribution in [0.15, 0.2) is 24.8 Å². The van der Waals surface area contributed by atoms with E-state index in [0.29, 0.717) is 18.2 Å². The van der Waals surface area contributed by atoms with Crippen molar-refractivity contribution in [3.63, 3.8) is 0 Å². The Morgan fingerprint density at radius 1 is 1.25 bits per heavy atom. The second-order valence-electron chi connectivity index (χ2n) is 5.71. The Hall–Kier alpha value is -2.77. The van der Waals surface area contributed by atoms with Gasteiger partial charge in [-0.3, -0.25) is 9.78 Å². The van der Waals surface area contributed by atoms with Gasteiger partial charge in [-0.25, -0.2) is 9.97 Å². The van der Waals surface area contributed by atoms with E-state index < -0.39 is 0 Å². The van der Waals surface area contributed by atoms with Gasteiger partial charge in [0.1, 0.15) is 5.82 Å². The van der Waals surface area contributed by atoms with Crippen LogP contribution in [0.25, 0.3) is 0 Å². The van der Waals surface area contributed by atoms with E-state index in [-0.39, 0.29) is 5.91 Å². The second kappa shape index (κ2) is 7.67. The monoisotopic (exact) mass is 327 g/mol. The van der Waals surface area contributed by atoms with Crippen LogP contribution in [0.1, 0.15) is 24.8 Å². The van der Waals surface area contributed by atoms with Crippen LogP contribution < -0.4 is 10.6 Å². The minimum Gasteiger partial charge on any atom is -0.370 e. The van der Waals surface area contributed by atoms with Crippen LogP contribution in [-0.4, -0.2) is 50.4 Å². The van der Waals surface area contributed by atoms with Gasteiger partial charge < -0.3 is 15.5 Å². The van der Waals surface area contributed by atoms with E-state index in [2.05, 4.69) is 30.6 Å². The first-order valence-corrected chi connectivity index (χ1v) is 8.11. The number of aryl methyl sites for hydroxylation is 1. The van der Waals surface area contributed by atoms with Crippen molar-refractivity contribution in [3.05, 3.63) is 30.4 Å². The summed E-state index contributed by atoms with van der Waals surface area (Å²) in [5.74, 6) is 2.12. The lowest BCUT2D eigenvalue weighted by atomic mass is 10.3. The molecule has 2 N–H and O–H groups in total. The molecule has 126 valence electrons. The standard InChI is InChI=1S/C16H21N7O/c1-12-10-20-16(21-13-11-17-6-7-18-13)22-15(12)19-5-3-9-23-8-2-4-14(23)24/h6-7,10-11H,2-5,8-9H2,1H3,(H2,18,19,20,21,22). The van der Waals surface area contributed by atoms with Crippen LogP contribution in [0.4, 0.5) is 17.6 Å². The van der Waals surface area contributed by atoms with E-state index >= 15 is 0 Å². The highest BCUT2D eigenvalue weighted by atomic mass is 16.2. The first kappa shape index (κ1) is 16.1. The lowest BCUT2D eigenvalue weighted by molar-refractivity contribution is -0.127. The van der Waals surface area contributed by atoms with Crippen molar-refractivity contribution in [1.82, 2.24) is 24.8 Å². The molecule has 1 amide bonds. The van der Waals surface area contributed by atoms with E-state index in [0.717, 1.165) is 43.9 Å². The lowest BCUT2D eigenvalue weighted by Crippen LogP contribution is -2.27. The average molecular weight is 327 g/mol. The predicted molar refractivity (Wildman–Crippen MR) is 91.0 cm³/mol. The van der Waals surface area contributed by atoms with Crippen molar-refractivity contribution < 1.29 is 4.79 Å². The second-order valence-corrected chi connectivity index (χ2v) is 5.71. The molecule has 24 heavy (non-hydrogen) atoms. The number of hydrogen-bond donors (Lipinski definition) is 2. The van der Waals surface area contributed by atoms with Crippen molar-refractivity contribution in [1.29, 1.82) is 0 Å². The van der Waals surface area contributed by atoms with Crippen LogP contribution in [-0.2, 0) is 4.79 Å². The lowest BCUT2D eigenvalue weighted by Gasteiger charge is -2.16. The molecule has 2 aromatic rings. The maximum atomic E-state index is 11.6. The summed E-state index contributed by atoms with van der Waals surface area (Å²) in [6.45, 7) is 4.39. The highest BCUT2D eigenvalue weighted by Crippen LogP contribution is 2.15. The number of aromatic nitrogens is 4. The Labute approximate surface area is 140 Å². The van der Waals surface area contributed by atoms with Crippen molar-refractivity contribution in [2.75, 3.05) is 30.3 Å². The molecule has 1 aliphatic rings. The van der Waals surface area contributed by atoms with Gasteiger partial charge >= 0.3 is 0 Å². The fourth-order valence-corrected chi connectivity index (χ4v) is 2.58. The molecule has 1 fully saturated rings. The third-order valence-electron chi connectivity index (χ3n) is 3.84. The maximum Gasteiger partial charge on any atom is 0.230 e. The van der Waals surface area contributed by atoms with E-state index in [1.165, 1.54) is 0 Å². The van der Waals surface area contributed by atoms with E-state index in [4.69, 9.17) is 0 Å². The number of nitrogens with one attached hydrogen (secondary N) is 2. The number of carbonyl (C=O) groups excluding carboxylic acids is 1. The smallest absolute Gasteiger partial charge is 0.230 e. The van der Waals surface area contributed by atoms with Crippen LogP contribution in [0.5, 0.6) is 0 Å². The van der Waals surface area contributed by atoms with Gasteiger partial charge in [0.2, 0.25) is 11.9 Å².